The number of aromatic nitrogens is 1. The number of hydrogen-bond acceptors (Lipinski definition) is 5. The van der Waals surface area contributed by atoms with E-state index in [1.54, 1.807) is 12.4 Å². The number of amides is 1. The van der Waals surface area contributed by atoms with Crippen molar-refractivity contribution < 1.29 is 18.0 Å². The number of likely N-dealkylation sites (N-methyl/N-ethyl adjacent to an activating group) is 1. The molecule has 0 spiro atoms. The van der Waals surface area contributed by atoms with Crippen LogP contribution in [0.1, 0.15) is 23.1 Å². The van der Waals surface area contributed by atoms with Crippen LogP contribution in [0.4, 0.5) is 18.9 Å². The zero-order valence-electron chi connectivity index (χ0n) is 20.8. The second-order valence-electron chi connectivity index (χ2n) is 9.47. The molecule has 0 radical (unpaired) electrons. The third-order valence-corrected chi connectivity index (χ3v) is 6.70. The molecule has 0 unspecified atom stereocenters. The number of fused-ring (bicyclic) bond motifs is 1. The Morgan fingerprint density at radius 2 is 1.84 bits per heavy atom. The molecule has 2 aromatic carbocycles. The SMILES string of the molecule is CN1CCN(Cc2ccc(NC(=O)C3=CN=C(C#Cc4cncc5ccccc45)C3)cc2C(F)(F)F)CC1. The average molecular weight is 518 g/mol. The number of benzene rings is 2. The van der Waals surface area contributed by atoms with Gasteiger partial charge in [0, 0.05) is 79.8 Å². The molecule has 1 saturated heterocycles. The first-order chi connectivity index (χ1) is 18.3. The molecule has 0 atom stereocenters. The molecule has 1 N–H and O–H groups in total. The van der Waals surface area contributed by atoms with Gasteiger partial charge < -0.3 is 10.2 Å². The van der Waals surface area contributed by atoms with Crippen LogP contribution in [0.3, 0.4) is 0 Å². The van der Waals surface area contributed by atoms with Gasteiger partial charge in [-0.1, -0.05) is 36.3 Å². The fraction of sp³-hybridized carbons (Fsp3) is 0.276. The molecule has 2 aliphatic rings. The Morgan fingerprint density at radius 1 is 1.05 bits per heavy atom. The van der Waals surface area contributed by atoms with Gasteiger partial charge in [-0.3, -0.25) is 19.7 Å². The molecule has 1 fully saturated rings. The lowest BCUT2D eigenvalue weighted by Gasteiger charge is -2.33. The van der Waals surface area contributed by atoms with E-state index in [9.17, 15) is 18.0 Å². The maximum atomic E-state index is 13.9. The summed E-state index contributed by atoms with van der Waals surface area (Å²) in [5.74, 6) is 5.55. The van der Waals surface area contributed by atoms with Crippen LogP contribution in [-0.2, 0) is 17.5 Å². The van der Waals surface area contributed by atoms with Crippen LogP contribution in [0.5, 0.6) is 0 Å². The Bertz CT molecular complexity index is 1490. The summed E-state index contributed by atoms with van der Waals surface area (Å²) in [6.45, 7) is 3.27. The second kappa shape index (κ2) is 10.8. The first kappa shape index (κ1) is 25.6. The van der Waals surface area contributed by atoms with E-state index in [-0.39, 0.29) is 24.2 Å². The van der Waals surface area contributed by atoms with Crippen LogP contribution in [0.15, 0.2) is 71.6 Å². The fourth-order valence-corrected chi connectivity index (χ4v) is 4.51. The van der Waals surface area contributed by atoms with Crippen molar-refractivity contribution in [2.45, 2.75) is 19.1 Å². The Balaban J connectivity index is 1.24. The summed E-state index contributed by atoms with van der Waals surface area (Å²) in [6, 6.07) is 11.7. The van der Waals surface area contributed by atoms with Crippen molar-refractivity contribution in [2.24, 2.45) is 4.99 Å². The molecule has 194 valence electrons. The van der Waals surface area contributed by atoms with E-state index in [0.717, 1.165) is 35.5 Å². The number of anilines is 1. The minimum atomic E-state index is -4.53. The maximum absolute atomic E-state index is 13.9. The second-order valence-corrected chi connectivity index (χ2v) is 9.47. The number of hydrogen-bond donors (Lipinski definition) is 1. The Morgan fingerprint density at radius 3 is 2.63 bits per heavy atom. The summed E-state index contributed by atoms with van der Waals surface area (Å²) in [6.07, 6.45) is 0.521. The molecule has 3 aromatic rings. The third-order valence-electron chi connectivity index (χ3n) is 6.70. The lowest BCUT2D eigenvalue weighted by atomic mass is 10.0. The largest absolute Gasteiger partial charge is 0.416 e. The van der Waals surface area contributed by atoms with Gasteiger partial charge >= 0.3 is 6.18 Å². The molecule has 6 nitrogen and oxygen atoms in total. The Labute approximate surface area is 218 Å². The molecule has 1 aromatic heterocycles. The molecular formula is C29H26F3N5O. The summed E-state index contributed by atoms with van der Waals surface area (Å²) >= 11 is 0. The fourth-order valence-electron chi connectivity index (χ4n) is 4.51. The van der Waals surface area contributed by atoms with Crippen LogP contribution in [-0.4, -0.2) is 59.6 Å². The van der Waals surface area contributed by atoms with Gasteiger partial charge in [-0.25, -0.2) is 0 Å². The maximum Gasteiger partial charge on any atom is 0.416 e. The molecule has 5 rings (SSSR count). The molecule has 38 heavy (non-hydrogen) atoms. The van der Waals surface area contributed by atoms with Crippen molar-refractivity contribution in [3.8, 4) is 11.8 Å². The quantitative estimate of drug-likeness (QED) is 0.509. The number of nitrogens with one attached hydrogen (secondary N) is 1. The van der Waals surface area contributed by atoms with Gasteiger partial charge in [0.05, 0.1) is 16.8 Å². The highest BCUT2D eigenvalue weighted by molar-refractivity contribution is 6.14. The third kappa shape index (κ3) is 5.93. The highest BCUT2D eigenvalue weighted by Gasteiger charge is 2.34. The monoisotopic (exact) mass is 517 g/mol. The van der Waals surface area contributed by atoms with Crippen molar-refractivity contribution in [1.29, 1.82) is 0 Å². The molecule has 1 amide bonds. The van der Waals surface area contributed by atoms with E-state index < -0.39 is 17.6 Å². The normalized spacial score (nSPS) is 16.5. The highest BCUT2D eigenvalue weighted by Crippen LogP contribution is 2.35. The number of halogens is 3. The topological polar surface area (TPSA) is 60.8 Å². The summed E-state index contributed by atoms with van der Waals surface area (Å²) < 4.78 is 41.6. The van der Waals surface area contributed by atoms with Crippen LogP contribution in [0.2, 0.25) is 0 Å². The number of carbonyl (C=O) groups is 1. The van der Waals surface area contributed by atoms with Crippen LogP contribution >= 0.6 is 0 Å². The van der Waals surface area contributed by atoms with Crippen LogP contribution < -0.4 is 5.32 Å². The first-order valence-corrected chi connectivity index (χ1v) is 12.3. The first-order valence-electron chi connectivity index (χ1n) is 12.3. The van der Waals surface area contributed by atoms with Gasteiger partial charge in [0.1, 0.15) is 0 Å². The summed E-state index contributed by atoms with van der Waals surface area (Å²) in [5, 5.41) is 4.53. The predicted molar refractivity (Wildman–Crippen MR) is 142 cm³/mol. The molecule has 2 aliphatic heterocycles. The number of alkyl halides is 3. The Kier molecular flexibility index (Phi) is 7.27. The minimum Gasteiger partial charge on any atom is -0.322 e. The molecular weight excluding hydrogens is 491 g/mol. The van der Waals surface area contributed by atoms with Gasteiger partial charge in [0.15, 0.2) is 0 Å². The van der Waals surface area contributed by atoms with E-state index in [1.807, 2.05) is 36.2 Å². The number of rotatable bonds is 4. The average Bonchev–Trinajstić information content (AvgIpc) is 3.38. The van der Waals surface area contributed by atoms with Crippen molar-refractivity contribution in [2.75, 3.05) is 38.5 Å². The van der Waals surface area contributed by atoms with Crippen molar-refractivity contribution in [3.63, 3.8) is 0 Å². The summed E-state index contributed by atoms with van der Waals surface area (Å²) in [7, 11) is 2.00. The van der Waals surface area contributed by atoms with E-state index in [4.69, 9.17) is 0 Å². The zero-order valence-corrected chi connectivity index (χ0v) is 20.8. The summed E-state index contributed by atoms with van der Waals surface area (Å²) in [4.78, 5) is 25.4. The van der Waals surface area contributed by atoms with Crippen LogP contribution in [0.25, 0.3) is 10.8 Å². The molecule has 9 heteroatoms. The van der Waals surface area contributed by atoms with Gasteiger partial charge in [0.2, 0.25) is 0 Å². The van der Waals surface area contributed by atoms with E-state index in [2.05, 4.69) is 32.0 Å². The number of nitrogens with zero attached hydrogens (tertiary/aromatic N) is 4. The Hall–Kier alpha value is -4.00. The predicted octanol–water partition coefficient (Wildman–Crippen LogP) is 4.72. The molecule has 3 heterocycles. The van der Waals surface area contributed by atoms with E-state index in [1.165, 1.54) is 18.3 Å². The molecule has 0 saturated carbocycles. The number of aliphatic imine (C=N–C) groups is 1. The van der Waals surface area contributed by atoms with Gasteiger partial charge in [-0.05, 0) is 30.7 Å². The zero-order chi connectivity index (χ0) is 26.7. The van der Waals surface area contributed by atoms with Crippen LogP contribution in [0, 0.1) is 11.8 Å². The number of piperazine rings is 1. The lowest BCUT2D eigenvalue weighted by molar-refractivity contribution is -0.138. The van der Waals surface area contributed by atoms with E-state index in [0.29, 0.717) is 24.4 Å². The van der Waals surface area contributed by atoms with Gasteiger partial charge in [-0.2, -0.15) is 13.2 Å². The van der Waals surface area contributed by atoms with Crippen molar-refractivity contribution in [3.05, 3.63) is 83.3 Å². The summed E-state index contributed by atoms with van der Waals surface area (Å²) in [5.41, 5.74) is 1.14. The minimum absolute atomic E-state index is 0.0896. The lowest BCUT2D eigenvalue weighted by Crippen LogP contribution is -2.44. The van der Waals surface area contributed by atoms with Gasteiger partial charge in [0.25, 0.3) is 5.91 Å². The van der Waals surface area contributed by atoms with Crippen molar-refractivity contribution >= 4 is 28.1 Å². The van der Waals surface area contributed by atoms with E-state index >= 15 is 0 Å². The number of carbonyl (C=O) groups excluding carboxylic acids is 1. The highest BCUT2D eigenvalue weighted by atomic mass is 19.4. The number of pyridine rings is 1. The smallest absolute Gasteiger partial charge is 0.322 e. The van der Waals surface area contributed by atoms with Gasteiger partial charge in [-0.15, -0.1) is 0 Å². The molecule has 0 aliphatic carbocycles. The standard InChI is InChI=1S/C29H26F3N5O/c1-36-10-12-37(13-11-36)19-22-7-9-25(15-27(22)29(30,31)32)35-28(38)23-14-24(34-18-23)8-6-21-17-33-16-20-4-2-3-5-26(20)21/h2-5,7,9,15-18H,10-14,19H2,1H3,(H,35,38). The van der Waals surface area contributed by atoms with Crippen molar-refractivity contribution in [1.82, 2.24) is 14.8 Å². The molecule has 0 bridgehead atoms.